The van der Waals surface area contributed by atoms with Crippen molar-refractivity contribution in [3.8, 4) is 22.3 Å². The van der Waals surface area contributed by atoms with Crippen LogP contribution in [0, 0.1) is 17.5 Å². The van der Waals surface area contributed by atoms with E-state index in [1.54, 1.807) is 18.2 Å². The van der Waals surface area contributed by atoms with Crippen LogP contribution in [0.4, 0.5) is 13.2 Å². The number of unbranched alkanes of at least 4 members (excludes halogenated alkanes) is 4. The van der Waals surface area contributed by atoms with Gasteiger partial charge in [-0.05, 0) is 58.7 Å². The summed E-state index contributed by atoms with van der Waals surface area (Å²) in [5.41, 5.74) is 4.16. The van der Waals surface area contributed by atoms with Crippen LogP contribution >= 0.6 is 0 Å². The molecule has 4 aromatic carbocycles. The topological polar surface area (TPSA) is 0 Å². The van der Waals surface area contributed by atoms with Crippen LogP contribution in [0.5, 0.6) is 0 Å². The molecule has 0 heterocycles. The lowest BCUT2D eigenvalue weighted by molar-refractivity contribution is 0.517. The summed E-state index contributed by atoms with van der Waals surface area (Å²) in [4.78, 5) is 0. The van der Waals surface area contributed by atoms with E-state index in [0.717, 1.165) is 23.6 Å². The van der Waals surface area contributed by atoms with Crippen LogP contribution < -0.4 is 0 Å². The van der Waals surface area contributed by atoms with Crippen LogP contribution in [0.2, 0.25) is 0 Å². The van der Waals surface area contributed by atoms with Crippen molar-refractivity contribution >= 4 is 10.8 Å². The Morgan fingerprint density at radius 2 is 1.31 bits per heavy atom. The number of benzene rings is 4. The van der Waals surface area contributed by atoms with Crippen LogP contribution in [0.25, 0.3) is 33.0 Å². The zero-order chi connectivity index (χ0) is 22.5. The minimum atomic E-state index is -0.886. The van der Waals surface area contributed by atoms with E-state index in [0.29, 0.717) is 16.5 Å². The molecule has 4 rings (SSSR count). The molecule has 0 amide bonds. The van der Waals surface area contributed by atoms with Crippen molar-refractivity contribution < 1.29 is 13.2 Å². The van der Waals surface area contributed by atoms with Gasteiger partial charge in [-0.2, -0.15) is 0 Å². The van der Waals surface area contributed by atoms with Crippen molar-refractivity contribution in [2.45, 2.75) is 45.4 Å². The largest absolute Gasteiger partial charge is 0.206 e. The van der Waals surface area contributed by atoms with E-state index in [4.69, 9.17) is 0 Å². The monoisotopic (exact) mass is 432 g/mol. The van der Waals surface area contributed by atoms with Crippen molar-refractivity contribution in [3.63, 3.8) is 0 Å². The van der Waals surface area contributed by atoms with Crippen LogP contribution in [0.3, 0.4) is 0 Å². The normalized spacial score (nSPS) is 11.2. The highest BCUT2D eigenvalue weighted by Crippen LogP contribution is 2.31. The molecule has 4 aromatic rings. The fourth-order valence-corrected chi connectivity index (χ4v) is 4.16. The third kappa shape index (κ3) is 4.88. The maximum atomic E-state index is 15.0. The van der Waals surface area contributed by atoms with Gasteiger partial charge in [0.15, 0.2) is 11.6 Å². The molecule has 0 nitrogen and oxygen atoms in total. The number of halogens is 3. The molecule has 0 atom stereocenters. The number of hydrogen-bond acceptors (Lipinski definition) is 0. The summed E-state index contributed by atoms with van der Waals surface area (Å²) < 4.78 is 42.4. The first-order chi connectivity index (χ1) is 15.6. The van der Waals surface area contributed by atoms with Gasteiger partial charge in [-0.3, -0.25) is 0 Å². The minimum absolute atomic E-state index is 0.191. The SMILES string of the molecule is CCCCCCCc1ccc(-c2ccc(-c3ccc4c(F)c(F)ccc4c3)c(F)c2)cc1. The van der Waals surface area contributed by atoms with Crippen LogP contribution in [0.15, 0.2) is 72.8 Å². The second-order valence-corrected chi connectivity index (χ2v) is 8.35. The lowest BCUT2D eigenvalue weighted by Gasteiger charge is -2.09. The van der Waals surface area contributed by atoms with Crippen LogP contribution in [-0.2, 0) is 6.42 Å². The summed E-state index contributed by atoms with van der Waals surface area (Å²) in [6.07, 6.45) is 7.38. The van der Waals surface area contributed by atoms with Gasteiger partial charge in [0.25, 0.3) is 0 Å². The summed E-state index contributed by atoms with van der Waals surface area (Å²) in [6, 6.07) is 20.9. The van der Waals surface area contributed by atoms with Gasteiger partial charge in [-0.15, -0.1) is 0 Å². The van der Waals surface area contributed by atoms with Gasteiger partial charge in [-0.1, -0.05) is 87.2 Å². The number of aryl methyl sites for hydroxylation is 1. The fraction of sp³-hybridized carbons (Fsp3) is 0.241. The Kier molecular flexibility index (Phi) is 6.94. The molecule has 164 valence electrons. The molecule has 3 heteroatoms. The molecule has 0 N–H and O–H groups in total. The number of fused-ring (bicyclic) bond motifs is 1. The first-order valence-corrected chi connectivity index (χ1v) is 11.3. The second-order valence-electron chi connectivity index (χ2n) is 8.35. The highest BCUT2D eigenvalue weighted by Gasteiger charge is 2.11. The van der Waals surface area contributed by atoms with Crippen molar-refractivity contribution in [2.75, 3.05) is 0 Å². The van der Waals surface area contributed by atoms with Crippen molar-refractivity contribution in [2.24, 2.45) is 0 Å². The first kappa shape index (κ1) is 22.1. The average molecular weight is 433 g/mol. The number of hydrogen-bond donors (Lipinski definition) is 0. The Bertz CT molecular complexity index is 1210. The van der Waals surface area contributed by atoms with E-state index >= 15 is 0 Å². The zero-order valence-electron chi connectivity index (χ0n) is 18.3. The summed E-state index contributed by atoms with van der Waals surface area (Å²) in [5, 5.41) is 0.728. The summed E-state index contributed by atoms with van der Waals surface area (Å²) in [6.45, 7) is 2.22. The smallest absolute Gasteiger partial charge is 0.166 e. The predicted molar refractivity (Wildman–Crippen MR) is 127 cm³/mol. The van der Waals surface area contributed by atoms with E-state index in [9.17, 15) is 13.2 Å². The highest BCUT2D eigenvalue weighted by atomic mass is 19.2. The molecular formula is C29H27F3. The molecule has 0 saturated carbocycles. The third-order valence-electron chi connectivity index (χ3n) is 6.04. The lowest BCUT2D eigenvalue weighted by atomic mass is 9.96. The van der Waals surface area contributed by atoms with Crippen LogP contribution in [0.1, 0.15) is 44.6 Å². The van der Waals surface area contributed by atoms with Gasteiger partial charge >= 0.3 is 0 Å². The lowest BCUT2D eigenvalue weighted by Crippen LogP contribution is -1.90. The van der Waals surface area contributed by atoms with E-state index in [-0.39, 0.29) is 11.2 Å². The second kappa shape index (κ2) is 10.0. The van der Waals surface area contributed by atoms with E-state index in [2.05, 4.69) is 19.1 Å². The summed E-state index contributed by atoms with van der Waals surface area (Å²) in [5.74, 6) is -2.11. The molecule has 0 bridgehead atoms. The molecule has 0 aliphatic carbocycles. The molecule has 32 heavy (non-hydrogen) atoms. The summed E-state index contributed by atoms with van der Waals surface area (Å²) in [7, 11) is 0. The van der Waals surface area contributed by atoms with E-state index in [1.165, 1.54) is 55.9 Å². The minimum Gasteiger partial charge on any atom is -0.206 e. The van der Waals surface area contributed by atoms with Gasteiger partial charge in [0.05, 0.1) is 0 Å². The Morgan fingerprint density at radius 3 is 2.06 bits per heavy atom. The Hall–Kier alpha value is -3.07. The van der Waals surface area contributed by atoms with Crippen molar-refractivity contribution in [3.05, 3.63) is 95.8 Å². The quantitative estimate of drug-likeness (QED) is 0.244. The average Bonchev–Trinajstić information content (AvgIpc) is 2.81. The van der Waals surface area contributed by atoms with Gasteiger partial charge in [-0.25, -0.2) is 13.2 Å². The van der Waals surface area contributed by atoms with Gasteiger partial charge in [0.2, 0.25) is 0 Å². The summed E-state index contributed by atoms with van der Waals surface area (Å²) >= 11 is 0. The van der Waals surface area contributed by atoms with Gasteiger partial charge in [0.1, 0.15) is 5.82 Å². The molecule has 0 aliphatic rings. The standard InChI is InChI=1S/C29H27F3/c1-2-3-4-5-6-7-20-8-10-21(11-9-20)22-12-15-25(28(31)19-22)23-13-16-26-24(18-23)14-17-27(30)29(26)32/h8-19H,2-7H2,1H3. The Morgan fingerprint density at radius 1 is 0.594 bits per heavy atom. The molecule has 0 fully saturated rings. The molecular weight excluding hydrogens is 405 g/mol. The maximum Gasteiger partial charge on any atom is 0.166 e. The Labute approximate surface area is 187 Å². The molecule has 0 radical (unpaired) electrons. The molecule has 0 unspecified atom stereocenters. The van der Waals surface area contributed by atoms with Gasteiger partial charge < -0.3 is 0 Å². The van der Waals surface area contributed by atoms with Crippen molar-refractivity contribution in [1.82, 2.24) is 0 Å². The Balaban J connectivity index is 1.51. The molecule has 0 spiro atoms. The fourth-order valence-electron chi connectivity index (χ4n) is 4.16. The zero-order valence-corrected chi connectivity index (χ0v) is 18.3. The first-order valence-electron chi connectivity index (χ1n) is 11.3. The molecule has 0 aliphatic heterocycles. The van der Waals surface area contributed by atoms with E-state index in [1.807, 2.05) is 18.2 Å². The van der Waals surface area contributed by atoms with Crippen molar-refractivity contribution in [1.29, 1.82) is 0 Å². The molecule has 0 saturated heterocycles. The van der Waals surface area contributed by atoms with E-state index < -0.39 is 11.6 Å². The number of rotatable bonds is 8. The maximum absolute atomic E-state index is 15.0. The highest BCUT2D eigenvalue weighted by molar-refractivity contribution is 5.88. The third-order valence-corrected chi connectivity index (χ3v) is 6.04. The predicted octanol–water partition coefficient (Wildman–Crippen LogP) is 9.10. The van der Waals surface area contributed by atoms with Gasteiger partial charge in [0, 0.05) is 10.9 Å². The van der Waals surface area contributed by atoms with Crippen LogP contribution in [-0.4, -0.2) is 0 Å². The molecule has 0 aromatic heterocycles.